The number of rotatable bonds is 5. The highest BCUT2D eigenvalue weighted by atomic mass is 32.2. The van der Waals surface area contributed by atoms with E-state index in [1.165, 1.54) is 0 Å². The largest absolute Gasteiger partial charge is 0.496 e. The number of hydrogen-bond donors (Lipinski definition) is 1. The van der Waals surface area contributed by atoms with E-state index in [0.717, 1.165) is 21.8 Å². The Hall–Kier alpha value is -1.16. The van der Waals surface area contributed by atoms with Crippen LogP contribution in [0.1, 0.15) is 18.1 Å². The van der Waals surface area contributed by atoms with Crippen molar-refractivity contribution < 1.29 is 14.6 Å². The molecule has 0 amide bonds. The van der Waals surface area contributed by atoms with Gasteiger partial charge in [-0.3, -0.25) is 4.79 Å². The van der Waals surface area contributed by atoms with Crippen molar-refractivity contribution >= 4 is 17.7 Å². The molecule has 4 heteroatoms. The molecule has 1 N–H and O–H groups in total. The van der Waals surface area contributed by atoms with Gasteiger partial charge in [-0.1, -0.05) is 6.92 Å². The molecule has 0 aliphatic carbocycles. The number of carboxylic acid groups (broad SMARTS) is 1. The Labute approximate surface area is 106 Å². The van der Waals surface area contributed by atoms with Gasteiger partial charge in [-0.25, -0.2) is 0 Å². The highest BCUT2D eigenvalue weighted by Crippen LogP contribution is 2.30. The molecule has 0 heterocycles. The predicted molar refractivity (Wildman–Crippen MR) is 70.0 cm³/mol. The van der Waals surface area contributed by atoms with Crippen LogP contribution in [0, 0.1) is 12.8 Å². The maximum Gasteiger partial charge on any atom is 0.306 e. The number of benzene rings is 1. The second-order valence-corrected chi connectivity index (χ2v) is 4.93. The van der Waals surface area contributed by atoms with Crippen LogP contribution in [0.3, 0.4) is 0 Å². The molecule has 0 saturated heterocycles. The zero-order valence-corrected chi connectivity index (χ0v) is 11.4. The van der Waals surface area contributed by atoms with Crippen LogP contribution in [0.15, 0.2) is 17.0 Å². The summed E-state index contributed by atoms with van der Waals surface area (Å²) in [5.41, 5.74) is 2.11. The summed E-state index contributed by atoms with van der Waals surface area (Å²) in [4.78, 5) is 12.0. The molecule has 1 aromatic carbocycles. The normalized spacial score (nSPS) is 12.2. The van der Waals surface area contributed by atoms with Gasteiger partial charge >= 0.3 is 5.97 Å². The van der Waals surface area contributed by atoms with Crippen molar-refractivity contribution in [2.75, 3.05) is 13.4 Å². The Morgan fingerprint density at radius 3 is 2.65 bits per heavy atom. The molecule has 3 nitrogen and oxygen atoms in total. The first-order valence-corrected chi connectivity index (χ1v) is 6.66. The van der Waals surface area contributed by atoms with Crippen molar-refractivity contribution in [3.63, 3.8) is 0 Å². The van der Waals surface area contributed by atoms with Crippen LogP contribution in [0.4, 0.5) is 0 Å². The van der Waals surface area contributed by atoms with E-state index >= 15 is 0 Å². The minimum absolute atomic E-state index is 0.381. The predicted octanol–water partition coefficient (Wildman–Crippen LogP) is 2.99. The Balaban J connectivity index is 3.08. The zero-order chi connectivity index (χ0) is 13.0. The average molecular weight is 254 g/mol. The van der Waals surface area contributed by atoms with Gasteiger partial charge in [0, 0.05) is 4.90 Å². The van der Waals surface area contributed by atoms with Gasteiger partial charge in [-0.15, -0.1) is 11.8 Å². The molecule has 0 aliphatic rings. The topological polar surface area (TPSA) is 46.5 Å². The Morgan fingerprint density at radius 1 is 1.53 bits per heavy atom. The van der Waals surface area contributed by atoms with Gasteiger partial charge in [0.1, 0.15) is 5.75 Å². The SMILES string of the molecule is COc1cc(CC(C)C(=O)O)c(SC)cc1C. The third-order valence-corrected chi connectivity index (χ3v) is 3.57. The van der Waals surface area contributed by atoms with Crippen molar-refractivity contribution in [3.05, 3.63) is 23.3 Å². The van der Waals surface area contributed by atoms with Crippen LogP contribution >= 0.6 is 11.8 Å². The molecule has 0 bridgehead atoms. The summed E-state index contributed by atoms with van der Waals surface area (Å²) in [7, 11) is 1.63. The second kappa shape index (κ2) is 5.96. The third kappa shape index (κ3) is 3.40. The standard InChI is InChI=1S/C13H18O3S/c1-8-6-12(17-4)10(7-11(8)16-3)5-9(2)13(14)15/h6-7,9H,5H2,1-4H3,(H,14,15). The van der Waals surface area contributed by atoms with Gasteiger partial charge in [0.25, 0.3) is 0 Å². The highest BCUT2D eigenvalue weighted by Gasteiger charge is 2.15. The van der Waals surface area contributed by atoms with Crippen molar-refractivity contribution in [2.24, 2.45) is 5.92 Å². The Kier molecular flexibility index (Phi) is 4.87. The van der Waals surface area contributed by atoms with Crippen LogP contribution in [-0.4, -0.2) is 24.4 Å². The molecule has 1 unspecified atom stereocenters. The summed E-state index contributed by atoms with van der Waals surface area (Å²) in [5, 5.41) is 8.95. The third-order valence-electron chi connectivity index (χ3n) is 2.75. The lowest BCUT2D eigenvalue weighted by Crippen LogP contribution is -2.13. The summed E-state index contributed by atoms with van der Waals surface area (Å²) in [6.45, 7) is 3.71. The Bertz CT molecular complexity index is 415. The van der Waals surface area contributed by atoms with Gasteiger partial charge in [0.15, 0.2) is 0 Å². The van der Waals surface area contributed by atoms with Crippen molar-refractivity contribution in [3.8, 4) is 5.75 Å². The fourth-order valence-electron chi connectivity index (χ4n) is 1.69. The van der Waals surface area contributed by atoms with Crippen LogP contribution in [0.5, 0.6) is 5.75 Å². The number of methoxy groups -OCH3 is 1. The Morgan fingerprint density at radius 2 is 2.18 bits per heavy atom. The van der Waals surface area contributed by atoms with Crippen molar-refractivity contribution in [1.29, 1.82) is 0 Å². The minimum atomic E-state index is -0.767. The lowest BCUT2D eigenvalue weighted by Gasteiger charge is -2.14. The maximum absolute atomic E-state index is 10.9. The molecular formula is C13H18O3S. The van der Waals surface area contributed by atoms with Crippen molar-refractivity contribution in [1.82, 2.24) is 0 Å². The van der Waals surface area contributed by atoms with E-state index in [9.17, 15) is 4.79 Å². The summed E-state index contributed by atoms with van der Waals surface area (Å²) < 4.78 is 5.27. The quantitative estimate of drug-likeness (QED) is 0.821. The number of thioether (sulfide) groups is 1. The number of carbonyl (C=O) groups is 1. The number of aliphatic carboxylic acids is 1. The molecule has 0 radical (unpaired) electrons. The lowest BCUT2D eigenvalue weighted by molar-refractivity contribution is -0.141. The smallest absolute Gasteiger partial charge is 0.306 e. The number of hydrogen-bond acceptors (Lipinski definition) is 3. The molecule has 0 aliphatic heterocycles. The van der Waals surface area contributed by atoms with E-state index in [1.807, 2.05) is 25.3 Å². The van der Waals surface area contributed by atoms with E-state index in [4.69, 9.17) is 9.84 Å². The lowest BCUT2D eigenvalue weighted by atomic mass is 10.00. The van der Waals surface area contributed by atoms with E-state index in [1.54, 1.807) is 25.8 Å². The minimum Gasteiger partial charge on any atom is -0.496 e. The first kappa shape index (κ1) is 13.9. The number of ether oxygens (including phenoxy) is 1. The van der Waals surface area contributed by atoms with Crippen LogP contribution in [-0.2, 0) is 11.2 Å². The molecular weight excluding hydrogens is 236 g/mol. The molecule has 0 spiro atoms. The average Bonchev–Trinajstić information content (AvgIpc) is 2.30. The molecule has 1 rings (SSSR count). The molecule has 0 aromatic heterocycles. The van der Waals surface area contributed by atoms with E-state index in [2.05, 4.69) is 0 Å². The van der Waals surface area contributed by atoms with Crippen molar-refractivity contribution in [2.45, 2.75) is 25.2 Å². The summed E-state index contributed by atoms with van der Waals surface area (Å²) in [6, 6.07) is 3.99. The fraction of sp³-hybridized carbons (Fsp3) is 0.462. The molecule has 1 atom stereocenters. The summed E-state index contributed by atoms with van der Waals surface area (Å²) in [5.74, 6) is -0.333. The molecule has 0 saturated carbocycles. The molecule has 1 aromatic rings. The van der Waals surface area contributed by atoms with E-state index in [-0.39, 0.29) is 5.92 Å². The van der Waals surface area contributed by atoms with Gasteiger partial charge in [-0.2, -0.15) is 0 Å². The first-order valence-electron chi connectivity index (χ1n) is 5.44. The van der Waals surface area contributed by atoms with Gasteiger partial charge < -0.3 is 9.84 Å². The van der Waals surface area contributed by atoms with Gasteiger partial charge in [0.05, 0.1) is 13.0 Å². The van der Waals surface area contributed by atoms with Crippen LogP contribution in [0.2, 0.25) is 0 Å². The second-order valence-electron chi connectivity index (χ2n) is 4.08. The monoisotopic (exact) mass is 254 g/mol. The molecule has 17 heavy (non-hydrogen) atoms. The summed E-state index contributed by atoms with van der Waals surface area (Å²) in [6.07, 6.45) is 2.53. The van der Waals surface area contributed by atoms with Gasteiger partial charge in [-0.05, 0) is 42.9 Å². The van der Waals surface area contributed by atoms with Gasteiger partial charge in [0.2, 0.25) is 0 Å². The number of carboxylic acids is 1. The fourth-order valence-corrected chi connectivity index (χ4v) is 2.39. The van der Waals surface area contributed by atoms with Crippen LogP contribution < -0.4 is 4.74 Å². The van der Waals surface area contributed by atoms with E-state index < -0.39 is 5.97 Å². The maximum atomic E-state index is 10.9. The molecule has 94 valence electrons. The highest BCUT2D eigenvalue weighted by molar-refractivity contribution is 7.98. The molecule has 0 fully saturated rings. The van der Waals surface area contributed by atoms with E-state index in [0.29, 0.717) is 6.42 Å². The van der Waals surface area contributed by atoms with Crippen LogP contribution in [0.25, 0.3) is 0 Å². The number of aryl methyl sites for hydroxylation is 1. The first-order chi connectivity index (χ1) is 7.99. The zero-order valence-electron chi connectivity index (χ0n) is 10.6. The summed E-state index contributed by atoms with van der Waals surface area (Å²) >= 11 is 1.63.